The Labute approximate surface area is 388 Å². The molecule has 1 atom stereocenters. The largest absolute Gasteiger partial charge is 0.343 e. The summed E-state index contributed by atoms with van der Waals surface area (Å²) >= 11 is 0. The first-order valence-corrected chi connectivity index (χ1v) is 23.9. The van der Waals surface area contributed by atoms with Crippen LogP contribution in [0.15, 0.2) is 0 Å². The van der Waals surface area contributed by atoms with Crippen molar-refractivity contribution in [2.24, 2.45) is 5.41 Å². The SMILES string of the molecule is C.C.CC(C)N1CC(=O)N(C)CC1(C)C.CC(C)N1CCCC(C)(C)C1.CC(C)N1CCN(C)C(=O)C1(C)C.CC(C)N1CCN(C)CC1(C)C.CC(C)N1CCN(C)[C@@H](C)C1. The summed E-state index contributed by atoms with van der Waals surface area (Å²) in [7, 11) is 8.17. The van der Waals surface area contributed by atoms with Crippen molar-refractivity contribution < 1.29 is 9.59 Å². The maximum atomic E-state index is 11.8. The van der Waals surface area contributed by atoms with Gasteiger partial charge in [-0.25, -0.2) is 0 Å². The molecule has 0 aromatic rings. The highest BCUT2D eigenvalue weighted by atomic mass is 16.2. The van der Waals surface area contributed by atoms with Gasteiger partial charge in [0.05, 0.1) is 12.1 Å². The number of hydrogen-bond acceptors (Lipinski definition) is 9. The lowest BCUT2D eigenvalue weighted by molar-refractivity contribution is -0.148. The Kier molecular flexibility index (Phi) is 27.0. The van der Waals surface area contributed by atoms with Crippen LogP contribution in [0.1, 0.15) is 159 Å². The summed E-state index contributed by atoms with van der Waals surface area (Å²) in [5, 5.41) is 0. The van der Waals surface area contributed by atoms with Gasteiger partial charge in [0.15, 0.2) is 0 Å². The summed E-state index contributed by atoms with van der Waals surface area (Å²) in [5.74, 6) is 0.459. The number of carbonyl (C=O) groups excluding carboxylic acids is 2. The fourth-order valence-electron chi connectivity index (χ4n) is 10.1. The molecule has 11 nitrogen and oxygen atoms in total. The molecule has 0 saturated carbocycles. The molecule has 0 aromatic carbocycles. The molecule has 5 aliphatic heterocycles. The van der Waals surface area contributed by atoms with Gasteiger partial charge in [-0.2, -0.15) is 0 Å². The van der Waals surface area contributed by atoms with Gasteiger partial charge in [0.1, 0.15) is 0 Å². The van der Waals surface area contributed by atoms with E-state index in [1.165, 1.54) is 65.2 Å². The molecule has 5 rings (SSSR count). The van der Waals surface area contributed by atoms with E-state index in [0.29, 0.717) is 41.7 Å². The number of hydrogen-bond donors (Lipinski definition) is 0. The van der Waals surface area contributed by atoms with Crippen LogP contribution in [-0.4, -0.2) is 216 Å². The molecule has 0 spiro atoms. The first-order chi connectivity index (χ1) is 27.3. The van der Waals surface area contributed by atoms with Crippen LogP contribution in [0.25, 0.3) is 0 Å². The number of likely N-dealkylation sites (N-methyl/N-ethyl adjacent to an activating group) is 4. The molecule has 62 heavy (non-hydrogen) atoms. The minimum Gasteiger partial charge on any atom is -0.343 e. The molecule has 5 aliphatic rings. The summed E-state index contributed by atoms with van der Waals surface area (Å²) in [5.41, 5.74) is 0.682. The zero-order valence-corrected chi connectivity index (χ0v) is 44.2. The number of piperazine rings is 4. The first kappa shape index (κ1) is 62.7. The van der Waals surface area contributed by atoms with E-state index in [9.17, 15) is 9.59 Å². The maximum Gasteiger partial charge on any atom is 0.242 e. The molecule has 0 bridgehead atoms. The van der Waals surface area contributed by atoms with Crippen LogP contribution in [0, 0.1) is 5.41 Å². The average molecular weight is 883 g/mol. The molecule has 5 saturated heterocycles. The lowest BCUT2D eigenvalue weighted by Gasteiger charge is -2.48. The fourth-order valence-corrected chi connectivity index (χ4v) is 10.1. The topological polar surface area (TPSA) is 63.3 Å². The van der Waals surface area contributed by atoms with Gasteiger partial charge in [0, 0.05) is 127 Å². The fraction of sp³-hybridized carbons (Fsp3) is 0.961. The van der Waals surface area contributed by atoms with Crippen molar-refractivity contribution in [2.75, 3.05) is 107 Å². The highest BCUT2D eigenvalue weighted by Crippen LogP contribution is 2.29. The quantitative estimate of drug-likeness (QED) is 0.273. The van der Waals surface area contributed by atoms with Gasteiger partial charge in [-0.05, 0) is 157 Å². The number of rotatable bonds is 5. The molecule has 372 valence electrons. The van der Waals surface area contributed by atoms with Gasteiger partial charge >= 0.3 is 0 Å². The molecule has 0 unspecified atom stereocenters. The van der Waals surface area contributed by atoms with Gasteiger partial charge in [-0.15, -0.1) is 0 Å². The van der Waals surface area contributed by atoms with Crippen molar-refractivity contribution in [3.05, 3.63) is 0 Å². The van der Waals surface area contributed by atoms with Crippen LogP contribution in [0.2, 0.25) is 0 Å². The molecule has 0 aliphatic carbocycles. The van der Waals surface area contributed by atoms with Crippen LogP contribution < -0.4 is 0 Å². The summed E-state index contributed by atoms with van der Waals surface area (Å²) in [6.07, 6.45) is 2.78. The van der Waals surface area contributed by atoms with Crippen molar-refractivity contribution in [1.29, 1.82) is 0 Å². The summed E-state index contributed by atoms with van der Waals surface area (Å²) in [6.45, 7) is 55.5. The van der Waals surface area contributed by atoms with Crippen molar-refractivity contribution >= 4 is 11.8 Å². The van der Waals surface area contributed by atoms with Crippen molar-refractivity contribution in [2.45, 2.75) is 212 Å². The van der Waals surface area contributed by atoms with Crippen molar-refractivity contribution in [3.8, 4) is 0 Å². The number of carbonyl (C=O) groups is 2. The lowest BCUT2D eigenvalue weighted by Crippen LogP contribution is -2.63. The van der Waals surface area contributed by atoms with E-state index in [2.05, 4.69) is 166 Å². The molecule has 0 radical (unpaired) electrons. The van der Waals surface area contributed by atoms with E-state index in [0.717, 1.165) is 31.7 Å². The van der Waals surface area contributed by atoms with E-state index in [-0.39, 0.29) is 37.7 Å². The normalized spacial score (nSPS) is 25.1. The second-order valence-electron chi connectivity index (χ2n) is 22.9. The van der Waals surface area contributed by atoms with E-state index in [1.807, 2.05) is 37.7 Å². The second kappa shape index (κ2) is 26.7. The highest BCUT2D eigenvalue weighted by Gasteiger charge is 2.41. The molecule has 5 heterocycles. The van der Waals surface area contributed by atoms with Gasteiger partial charge in [-0.3, -0.25) is 29.2 Å². The Morgan fingerprint density at radius 3 is 1.42 bits per heavy atom. The first-order valence-electron chi connectivity index (χ1n) is 23.9. The van der Waals surface area contributed by atoms with Gasteiger partial charge in [0.25, 0.3) is 0 Å². The van der Waals surface area contributed by atoms with Crippen molar-refractivity contribution in [3.63, 3.8) is 0 Å². The van der Waals surface area contributed by atoms with E-state index < -0.39 is 0 Å². The minimum absolute atomic E-state index is 0. The Balaban J connectivity index is 0. The average Bonchev–Trinajstić information content (AvgIpc) is 3.09. The molecule has 0 N–H and O–H groups in total. The Bertz CT molecular complexity index is 1260. The second-order valence-corrected chi connectivity index (χ2v) is 22.9. The highest BCUT2D eigenvalue weighted by molar-refractivity contribution is 5.86. The smallest absolute Gasteiger partial charge is 0.242 e. The van der Waals surface area contributed by atoms with Gasteiger partial charge < -0.3 is 24.5 Å². The van der Waals surface area contributed by atoms with Crippen LogP contribution in [-0.2, 0) is 9.59 Å². The number of nitrogens with zero attached hydrogens (tertiary/aromatic N) is 9. The molecule has 11 heteroatoms. The van der Waals surface area contributed by atoms with Crippen LogP contribution in [0.5, 0.6) is 0 Å². The zero-order valence-electron chi connectivity index (χ0n) is 44.2. The van der Waals surface area contributed by atoms with E-state index in [1.54, 1.807) is 0 Å². The Hall–Kier alpha value is -1.34. The van der Waals surface area contributed by atoms with Gasteiger partial charge in [0.2, 0.25) is 11.8 Å². The zero-order chi connectivity index (χ0) is 46.7. The Morgan fingerprint density at radius 1 is 0.516 bits per heavy atom. The van der Waals surface area contributed by atoms with E-state index in [4.69, 9.17) is 0 Å². The van der Waals surface area contributed by atoms with Gasteiger partial charge in [-0.1, -0.05) is 28.7 Å². The van der Waals surface area contributed by atoms with Crippen LogP contribution >= 0.6 is 0 Å². The third kappa shape index (κ3) is 19.6. The third-order valence-electron chi connectivity index (χ3n) is 13.8. The summed E-state index contributed by atoms with van der Waals surface area (Å²) < 4.78 is 0. The number of amides is 2. The molecule has 2 amide bonds. The molecular weight excluding hydrogens is 771 g/mol. The molecule has 0 aromatic heterocycles. The molecular formula is C51H111N9O2. The maximum absolute atomic E-state index is 11.8. The van der Waals surface area contributed by atoms with E-state index >= 15 is 0 Å². The molecule has 5 fully saturated rings. The lowest BCUT2D eigenvalue weighted by atomic mass is 9.84. The predicted octanol–water partition coefficient (Wildman–Crippen LogP) is 8.14. The number of likely N-dealkylation sites (tertiary alicyclic amines) is 1. The third-order valence-corrected chi connectivity index (χ3v) is 13.8. The van der Waals surface area contributed by atoms with Crippen LogP contribution in [0.4, 0.5) is 0 Å². The monoisotopic (exact) mass is 882 g/mol. The summed E-state index contributed by atoms with van der Waals surface area (Å²) in [4.78, 5) is 44.1. The van der Waals surface area contributed by atoms with Crippen LogP contribution in [0.3, 0.4) is 0 Å². The van der Waals surface area contributed by atoms with Crippen molar-refractivity contribution in [1.82, 2.24) is 44.1 Å². The standard InChI is InChI=1S/2C10H20N2O.C10H22N2.C10H21N.C9H20N2.2CH4/c1-8(2)12-6-9(13)11(5)7-10(12,3)4;1-8(2)12-7-6-11(5)9(13)10(12,3)4;1-9(2)12-7-6-11(5)8-10(12,3)4;1-9(2)11-7-5-6-10(3,4)8-11;1-8(2)11-6-5-10(4)9(3)7-11;;/h2*8H,6-7H2,1-5H3;9H,6-8H2,1-5H3;9H,5-8H2,1-4H3;8-9H,5-7H2,1-4H3;2*1H4/t;;;;9-;;/m....0../s1. The summed E-state index contributed by atoms with van der Waals surface area (Å²) in [6, 6.07) is 3.72. The number of piperidine rings is 1. The minimum atomic E-state index is -0.332. The Morgan fingerprint density at radius 2 is 1.00 bits per heavy atom. The predicted molar refractivity (Wildman–Crippen MR) is 273 cm³/mol.